The molecule has 0 fully saturated rings. The van der Waals surface area contributed by atoms with Gasteiger partial charge < -0.3 is 24.8 Å². The first-order chi connectivity index (χ1) is 11.9. The van der Waals surface area contributed by atoms with E-state index in [1.54, 1.807) is 19.1 Å². The third kappa shape index (κ3) is 7.15. The van der Waals surface area contributed by atoms with E-state index in [0.717, 1.165) is 5.56 Å². The second kappa shape index (κ2) is 10.7. The largest absolute Gasteiger partial charge is 0.493 e. The fraction of sp³-hybridized carbons (Fsp3) is 0.438. The quantitative estimate of drug-likeness (QED) is 0.521. The van der Waals surface area contributed by atoms with Gasteiger partial charge in [-0.25, -0.2) is 0 Å². The van der Waals surface area contributed by atoms with E-state index >= 15 is 0 Å². The molecule has 0 saturated carbocycles. The summed E-state index contributed by atoms with van der Waals surface area (Å²) in [5.41, 5.74) is 0.724. The van der Waals surface area contributed by atoms with Crippen LogP contribution in [0.2, 0.25) is 5.02 Å². The van der Waals surface area contributed by atoms with Gasteiger partial charge in [-0.15, -0.1) is 0 Å². The Morgan fingerprint density at radius 3 is 2.40 bits per heavy atom. The minimum atomic E-state index is -0.423. The number of esters is 1. The van der Waals surface area contributed by atoms with Crippen LogP contribution in [0, 0.1) is 0 Å². The molecule has 1 amide bonds. The van der Waals surface area contributed by atoms with Gasteiger partial charge in [0.15, 0.2) is 16.6 Å². The van der Waals surface area contributed by atoms with Gasteiger partial charge in [0.05, 0.1) is 27.2 Å². The summed E-state index contributed by atoms with van der Waals surface area (Å²) < 4.78 is 15.1. The molecule has 138 valence electrons. The molecule has 9 heteroatoms. The van der Waals surface area contributed by atoms with Gasteiger partial charge in [-0.3, -0.25) is 9.59 Å². The molecule has 0 saturated heterocycles. The van der Waals surface area contributed by atoms with E-state index in [1.165, 1.54) is 14.2 Å². The highest BCUT2D eigenvalue weighted by Crippen LogP contribution is 2.32. The summed E-state index contributed by atoms with van der Waals surface area (Å²) in [4.78, 5) is 22.9. The first-order valence-corrected chi connectivity index (χ1v) is 8.33. The molecule has 0 spiro atoms. The van der Waals surface area contributed by atoms with E-state index in [-0.39, 0.29) is 37.0 Å². The number of hydrogen-bond donors (Lipinski definition) is 2. The fourth-order valence-corrected chi connectivity index (χ4v) is 2.30. The number of nitrogens with one attached hydrogen (secondary N) is 2. The van der Waals surface area contributed by atoms with Crippen LogP contribution < -0.4 is 20.1 Å². The zero-order valence-corrected chi connectivity index (χ0v) is 15.9. The first-order valence-electron chi connectivity index (χ1n) is 7.54. The van der Waals surface area contributed by atoms with Crippen LogP contribution >= 0.6 is 23.8 Å². The number of ether oxygens (including phenoxy) is 3. The number of benzene rings is 1. The Hall–Kier alpha value is -2.06. The molecule has 0 unspecified atom stereocenters. The molecule has 0 aliphatic heterocycles. The van der Waals surface area contributed by atoms with Gasteiger partial charge in [0.1, 0.15) is 0 Å². The number of halogens is 1. The Labute approximate surface area is 157 Å². The Morgan fingerprint density at radius 1 is 1.16 bits per heavy atom. The van der Waals surface area contributed by atoms with Gasteiger partial charge in [0.25, 0.3) is 0 Å². The van der Waals surface area contributed by atoms with Crippen molar-refractivity contribution in [1.29, 1.82) is 0 Å². The normalized spacial score (nSPS) is 9.92. The molecule has 0 aliphatic rings. The third-order valence-corrected chi connectivity index (χ3v) is 3.70. The summed E-state index contributed by atoms with van der Waals surface area (Å²) in [6.45, 7) is 2.28. The molecule has 2 N–H and O–H groups in total. The molecule has 1 aromatic carbocycles. The minimum Gasteiger partial charge on any atom is -0.493 e. The maximum Gasteiger partial charge on any atom is 0.306 e. The fourth-order valence-electron chi connectivity index (χ4n) is 1.89. The average molecular weight is 389 g/mol. The third-order valence-electron chi connectivity index (χ3n) is 3.11. The van der Waals surface area contributed by atoms with Crippen LogP contribution in [0.25, 0.3) is 0 Å². The zero-order valence-electron chi connectivity index (χ0n) is 14.3. The number of thiocarbonyl (C=S) groups is 1. The number of methoxy groups -OCH3 is 2. The van der Waals surface area contributed by atoms with E-state index in [4.69, 9.17) is 38.0 Å². The lowest BCUT2D eigenvalue weighted by Crippen LogP contribution is -2.39. The number of carbonyl (C=O) groups is 2. The highest BCUT2D eigenvalue weighted by atomic mass is 35.5. The van der Waals surface area contributed by atoms with Crippen molar-refractivity contribution in [3.63, 3.8) is 0 Å². The van der Waals surface area contributed by atoms with Crippen molar-refractivity contribution in [2.45, 2.75) is 26.3 Å². The average Bonchev–Trinajstić information content (AvgIpc) is 2.58. The lowest BCUT2D eigenvalue weighted by molar-refractivity contribution is -0.144. The predicted octanol–water partition coefficient (Wildman–Crippen LogP) is 2.19. The molecule has 0 bridgehead atoms. The van der Waals surface area contributed by atoms with E-state index in [0.29, 0.717) is 16.5 Å². The first kappa shape index (κ1) is 21.0. The topological polar surface area (TPSA) is 85.9 Å². The van der Waals surface area contributed by atoms with Crippen LogP contribution in [0.5, 0.6) is 11.5 Å². The van der Waals surface area contributed by atoms with Crippen LogP contribution in [-0.4, -0.2) is 37.8 Å². The molecule has 7 nitrogen and oxygen atoms in total. The molecule has 0 atom stereocenters. The molecule has 0 aromatic heterocycles. The molecular weight excluding hydrogens is 368 g/mol. The van der Waals surface area contributed by atoms with Gasteiger partial charge in [0.2, 0.25) is 5.91 Å². The van der Waals surface area contributed by atoms with Crippen molar-refractivity contribution < 1.29 is 23.8 Å². The standard InChI is InChI=1S/C16H21ClN2O5S/c1-4-24-15(21)6-5-14(20)19-16(25)18-9-10-7-12(22-2)13(23-3)8-11(10)17/h7-8H,4-6,9H2,1-3H3,(H2,18,19,20,25). The van der Waals surface area contributed by atoms with Crippen molar-refractivity contribution >= 4 is 40.8 Å². The van der Waals surface area contributed by atoms with E-state index in [1.807, 2.05) is 0 Å². The van der Waals surface area contributed by atoms with Crippen molar-refractivity contribution in [2.75, 3.05) is 20.8 Å². The second-order valence-corrected chi connectivity index (χ2v) is 5.65. The Kier molecular flexibility index (Phi) is 9.01. The summed E-state index contributed by atoms with van der Waals surface area (Å²) in [6, 6.07) is 3.36. The monoisotopic (exact) mass is 388 g/mol. The van der Waals surface area contributed by atoms with E-state index in [9.17, 15) is 9.59 Å². The molecule has 1 rings (SSSR count). The van der Waals surface area contributed by atoms with E-state index < -0.39 is 5.97 Å². The predicted molar refractivity (Wildman–Crippen MR) is 98.0 cm³/mol. The number of hydrogen-bond acceptors (Lipinski definition) is 6. The van der Waals surface area contributed by atoms with Crippen LogP contribution in [0.15, 0.2) is 12.1 Å². The van der Waals surface area contributed by atoms with Crippen LogP contribution in [0.3, 0.4) is 0 Å². The van der Waals surface area contributed by atoms with E-state index in [2.05, 4.69) is 10.6 Å². The highest BCUT2D eigenvalue weighted by molar-refractivity contribution is 7.80. The molecular formula is C16H21ClN2O5S. The van der Waals surface area contributed by atoms with Crippen molar-refractivity contribution in [2.24, 2.45) is 0 Å². The lowest BCUT2D eigenvalue weighted by Gasteiger charge is -2.13. The van der Waals surface area contributed by atoms with Gasteiger partial charge in [-0.2, -0.15) is 0 Å². The van der Waals surface area contributed by atoms with Crippen molar-refractivity contribution in [3.05, 3.63) is 22.7 Å². The molecule has 0 radical (unpaired) electrons. The molecule has 25 heavy (non-hydrogen) atoms. The van der Waals surface area contributed by atoms with Crippen molar-refractivity contribution in [3.8, 4) is 11.5 Å². The number of amides is 1. The summed E-state index contributed by atoms with van der Waals surface area (Å²) in [5, 5.41) is 5.98. The second-order valence-electron chi connectivity index (χ2n) is 4.83. The Bertz CT molecular complexity index is 639. The Balaban J connectivity index is 2.51. The zero-order chi connectivity index (χ0) is 18.8. The summed E-state index contributed by atoms with van der Waals surface area (Å²) in [6.07, 6.45) is 0.00155. The maximum atomic E-state index is 11.7. The Morgan fingerprint density at radius 2 is 1.80 bits per heavy atom. The number of rotatable bonds is 8. The van der Waals surface area contributed by atoms with Gasteiger partial charge in [0, 0.05) is 24.1 Å². The van der Waals surface area contributed by atoms with Crippen molar-refractivity contribution in [1.82, 2.24) is 10.6 Å². The maximum absolute atomic E-state index is 11.7. The lowest BCUT2D eigenvalue weighted by atomic mass is 10.2. The molecule has 0 aliphatic carbocycles. The van der Waals surface area contributed by atoms with Gasteiger partial charge in [-0.1, -0.05) is 11.6 Å². The molecule has 0 heterocycles. The molecule has 1 aromatic rings. The van der Waals surface area contributed by atoms with Crippen LogP contribution in [-0.2, 0) is 20.9 Å². The van der Waals surface area contributed by atoms with Crippen LogP contribution in [0.1, 0.15) is 25.3 Å². The van der Waals surface area contributed by atoms with Gasteiger partial charge in [-0.05, 0) is 30.8 Å². The minimum absolute atomic E-state index is 0.00221. The SMILES string of the molecule is CCOC(=O)CCC(=O)NC(=S)NCc1cc(OC)c(OC)cc1Cl. The smallest absolute Gasteiger partial charge is 0.306 e. The summed E-state index contributed by atoms with van der Waals surface area (Å²) >= 11 is 11.2. The van der Waals surface area contributed by atoms with Crippen LogP contribution in [0.4, 0.5) is 0 Å². The highest BCUT2D eigenvalue weighted by Gasteiger charge is 2.12. The number of carbonyl (C=O) groups excluding carboxylic acids is 2. The summed E-state index contributed by atoms with van der Waals surface area (Å²) in [5.74, 6) is 0.261. The summed E-state index contributed by atoms with van der Waals surface area (Å²) in [7, 11) is 3.05. The van der Waals surface area contributed by atoms with Gasteiger partial charge >= 0.3 is 5.97 Å².